The van der Waals surface area contributed by atoms with E-state index in [2.05, 4.69) is 5.32 Å². The van der Waals surface area contributed by atoms with Gasteiger partial charge in [0.15, 0.2) is 0 Å². The van der Waals surface area contributed by atoms with Gasteiger partial charge in [-0.2, -0.15) is 0 Å². The van der Waals surface area contributed by atoms with Gasteiger partial charge in [0.2, 0.25) is 11.8 Å². The average Bonchev–Trinajstić information content (AvgIpc) is 2.83. The van der Waals surface area contributed by atoms with Gasteiger partial charge in [0.1, 0.15) is 17.6 Å². The molecule has 172 valence electrons. The first-order chi connectivity index (χ1) is 16.0. The van der Waals surface area contributed by atoms with Crippen molar-refractivity contribution in [2.45, 2.75) is 32.4 Å². The van der Waals surface area contributed by atoms with E-state index in [-0.39, 0.29) is 24.8 Å². The molecule has 33 heavy (non-hydrogen) atoms. The SMILES string of the molecule is CCNC(=O)[C@@H](Cc1ccccc1)N(Cc1cccc(OC)c1)C(=O)Cc1ccccc1F. The molecular weight excluding hydrogens is 419 g/mol. The minimum absolute atomic E-state index is 0.138. The summed E-state index contributed by atoms with van der Waals surface area (Å²) in [6, 6.07) is 22.4. The summed E-state index contributed by atoms with van der Waals surface area (Å²) < 4.78 is 19.6. The third-order valence-electron chi connectivity index (χ3n) is 5.41. The molecule has 0 fully saturated rings. The highest BCUT2D eigenvalue weighted by molar-refractivity contribution is 5.88. The Hall–Kier alpha value is -3.67. The highest BCUT2D eigenvalue weighted by atomic mass is 19.1. The van der Waals surface area contributed by atoms with Gasteiger partial charge in [-0.3, -0.25) is 9.59 Å². The van der Waals surface area contributed by atoms with Crippen LogP contribution in [0.1, 0.15) is 23.6 Å². The van der Waals surface area contributed by atoms with Crippen LogP contribution in [0, 0.1) is 5.82 Å². The van der Waals surface area contributed by atoms with Crippen LogP contribution in [0.4, 0.5) is 4.39 Å². The summed E-state index contributed by atoms with van der Waals surface area (Å²) in [6.07, 6.45) is 0.209. The first-order valence-corrected chi connectivity index (χ1v) is 11.0. The average molecular weight is 449 g/mol. The Morgan fingerprint density at radius 3 is 2.36 bits per heavy atom. The number of hydrogen-bond donors (Lipinski definition) is 1. The van der Waals surface area contributed by atoms with Crippen molar-refractivity contribution in [3.63, 3.8) is 0 Å². The van der Waals surface area contributed by atoms with E-state index < -0.39 is 11.9 Å². The van der Waals surface area contributed by atoms with Crippen LogP contribution < -0.4 is 10.1 Å². The summed E-state index contributed by atoms with van der Waals surface area (Å²) in [5, 5.41) is 2.85. The number of nitrogens with one attached hydrogen (secondary N) is 1. The highest BCUT2D eigenvalue weighted by Gasteiger charge is 2.30. The van der Waals surface area contributed by atoms with Crippen LogP contribution in [0.25, 0.3) is 0 Å². The Labute approximate surface area is 194 Å². The molecule has 0 heterocycles. The summed E-state index contributed by atoms with van der Waals surface area (Å²) >= 11 is 0. The van der Waals surface area contributed by atoms with Crippen LogP contribution in [-0.2, 0) is 29.0 Å². The molecule has 0 aliphatic rings. The van der Waals surface area contributed by atoms with Crippen molar-refractivity contribution in [2.24, 2.45) is 0 Å². The van der Waals surface area contributed by atoms with Crippen LogP contribution in [0.15, 0.2) is 78.9 Å². The van der Waals surface area contributed by atoms with Gasteiger partial charge in [0.25, 0.3) is 0 Å². The maximum Gasteiger partial charge on any atom is 0.243 e. The maximum absolute atomic E-state index is 14.3. The van der Waals surface area contributed by atoms with E-state index in [0.717, 1.165) is 11.1 Å². The Kier molecular flexibility index (Phi) is 8.58. The second kappa shape index (κ2) is 11.8. The van der Waals surface area contributed by atoms with Gasteiger partial charge in [-0.05, 0) is 41.8 Å². The number of likely N-dealkylation sites (N-methyl/N-ethyl adjacent to an activating group) is 1. The van der Waals surface area contributed by atoms with Crippen molar-refractivity contribution < 1.29 is 18.7 Å². The molecule has 2 amide bonds. The van der Waals surface area contributed by atoms with E-state index in [1.165, 1.54) is 6.07 Å². The van der Waals surface area contributed by atoms with Gasteiger partial charge in [0.05, 0.1) is 13.5 Å². The quantitative estimate of drug-likeness (QED) is 0.507. The molecule has 0 aromatic heterocycles. The van der Waals surface area contributed by atoms with Gasteiger partial charge < -0.3 is 15.0 Å². The lowest BCUT2D eigenvalue weighted by Gasteiger charge is -2.31. The fraction of sp³-hybridized carbons (Fsp3) is 0.259. The fourth-order valence-electron chi connectivity index (χ4n) is 3.72. The van der Waals surface area contributed by atoms with E-state index in [1.54, 1.807) is 30.2 Å². The normalized spacial score (nSPS) is 11.5. The van der Waals surface area contributed by atoms with Crippen molar-refractivity contribution in [1.82, 2.24) is 10.2 Å². The number of carbonyl (C=O) groups excluding carboxylic acids is 2. The van der Waals surface area contributed by atoms with Gasteiger partial charge in [-0.1, -0.05) is 60.7 Å². The summed E-state index contributed by atoms with van der Waals surface area (Å²) in [6.45, 7) is 2.47. The molecule has 0 saturated carbocycles. The van der Waals surface area contributed by atoms with Crippen LogP contribution >= 0.6 is 0 Å². The minimum Gasteiger partial charge on any atom is -0.497 e. The lowest BCUT2D eigenvalue weighted by Crippen LogP contribution is -2.51. The summed E-state index contributed by atoms with van der Waals surface area (Å²) in [4.78, 5) is 28.2. The zero-order valence-electron chi connectivity index (χ0n) is 19.0. The van der Waals surface area contributed by atoms with Crippen LogP contribution in [0.5, 0.6) is 5.75 Å². The molecule has 5 nitrogen and oxygen atoms in total. The van der Waals surface area contributed by atoms with E-state index >= 15 is 0 Å². The number of hydrogen-bond acceptors (Lipinski definition) is 3. The zero-order valence-corrected chi connectivity index (χ0v) is 19.0. The molecular formula is C27H29FN2O3. The summed E-state index contributed by atoms with van der Waals surface area (Å²) in [7, 11) is 1.58. The second-order valence-corrected chi connectivity index (χ2v) is 7.74. The molecule has 0 unspecified atom stereocenters. The summed E-state index contributed by atoms with van der Waals surface area (Å²) in [5.74, 6) is -0.349. The molecule has 6 heteroatoms. The van der Waals surface area contributed by atoms with Gasteiger partial charge in [0, 0.05) is 19.5 Å². The molecule has 1 atom stereocenters. The van der Waals surface area contributed by atoms with Crippen LogP contribution in [-0.4, -0.2) is 36.4 Å². The van der Waals surface area contributed by atoms with Gasteiger partial charge in [-0.25, -0.2) is 4.39 Å². The molecule has 3 aromatic rings. The topological polar surface area (TPSA) is 58.6 Å². The zero-order chi connectivity index (χ0) is 23.6. The van der Waals surface area contributed by atoms with E-state index in [9.17, 15) is 14.0 Å². The molecule has 3 aromatic carbocycles. The molecule has 0 saturated heterocycles. The molecule has 1 N–H and O–H groups in total. The van der Waals surface area contributed by atoms with Crippen molar-refractivity contribution in [1.29, 1.82) is 0 Å². The lowest BCUT2D eigenvalue weighted by molar-refractivity contribution is -0.140. The van der Waals surface area contributed by atoms with Gasteiger partial charge in [-0.15, -0.1) is 0 Å². The molecule has 0 aliphatic carbocycles. The lowest BCUT2D eigenvalue weighted by atomic mass is 10.0. The number of carbonyl (C=O) groups is 2. The fourth-order valence-corrected chi connectivity index (χ4v) is 3.72. The number of halogens is 1. The largest absolute Gasteiger partial charge is 0.497 e. The monoisotopic (exact) mass is 448 g/mol. The van der Waals surface area contributed by atoms with Gasteiger partial charge >= 0.3 is 0 Å². The number of rotatable bonds is 10. The number of ether oxygens (including phenoxy) is 1. The van der Waals surface area contributed by atoms with Crippen LogP contribution in [0.3, 0.4) is 0 Å². The van der Waals surface area contributed by atoms with Crippen molar-refractivity contribution in [3.05, 3.63) is 101 Å². The Bertz CT molecular complexity index is 1070. The third kappa shape index (κ3) is 6.65. The molecule has 0 spiro atoms. The van der Waals surface area contributed by atoms with Crippen LogP contribution in [0.2, 0.25) is 0 Å². The Balaban J connectivity index is 1.97. The Morgan fingerprint density at radius 2 is 1.67 bits per heavy atom. The van der Waals surface area contributed by atoms with E-state index in [0.29, 0.717) is 24.3 Å². The smallest absolute Gasteiger partial charge is 0.243 e. The first kappa shape index (κ1) is 24.0. The standard InChI is InChI=1S/C27H29FN2O3/c1-3-29-27(32)25(17-20-10-5-4-6-11-20)30(19-21-12-9-14-23(16-21)33-2)26(31)18-22-13-7-8-15-24(22)28/h4-16,25H,3,17-19H2,1-2H3,(H,29,32)/t25-/m1/s1. The van der Waals surface area contributed by atoms with E-state index in [1.807, 2.05) is 61.5 Å². The predicted octanol–water partition coefficient (Wildman–Crippen LogP) is 4.15. The minimum atomic E-state index is -0.752. The number of amides is 2. The second-order valence-electron chi connectivity index (χ2n) is 7.74. The predicted molar refractivity (Wildman–Crippen MR) is 126 cm³/mol. The number of nitrogens with zero attached hydrogens (tertiary/aromatic N) is 1. The molecule has 0 aliphatic heterocycles. The Morgan fingerprint density at radius 1 is 0.970 bits per heavy atom. The van der Waals surface area contributed by atoms with Crippen molar-refractivity contribution in [3.8, 4) is 5.75 Å². The van der Waals surface area contributed by atoms with Crippen molar-refractivity contribution >= 4 is 11.8 Å². The number of benzene rings is 3. The van der Waals surface area contributed by atoms with Crippen molar-refractivity contribution in [2.75, 3.05) is 13.7 Å². The molecule has 0 bridgehead atoms. The molecule has 3 rings (SSSR count). The number of methoxy groups -OCH3 is 1. The highest BCUT2D eigenvalue weighted by Crippen LogP contribution is 2.20. The third-order valence-corrected chi connectivity index (χ3v) is 5.41. The summed E-state index contributed by atoms with van der Waals surface area (Å²) in [5.41, 5.74) is 2.05. The molecule has 0 radical (unpaired) electrons. The van der Waals surface area contributed by atoms with E-state index in [4.69, 9.17) is 4.74 Å². The maximum atomic E-state index is 14.3. The first-order valence-electron chi connectivity index (χ1n) is 11.0.